The van der Waals surface area contributed by atoms with Crippen LogP contribution in [0.3, 0.4) is 0 Å². The molecule has 17 heavy (non-hydrogen) atoms. The van der Waals surface area contributed by atoms with E-state index in [1.807, 2.05) is 19.5 Å². The topological polar surface area (TPSA) is 42.5 Å². The van der Waals surface area contributed by atoms with Crippen LogP contribution in [0.1, 0.15) is 32.9 Å². The van der Waals surface area contributed by atoms with Gasteiger partial charge in [0, 0.05) is 0 Å². The Morgan fingerprint density at radius 1 is 1.47 bits per heavy atom. The van der Waals surface area contributed by atoms with Crippen molar-refractivity contribution in [1.82, 2.24) is 9.78 Å². The van der Waals surface area contributed by atoms with E-state index in [-0.39, 0.29) is 5.54 Å². The second-order valence-corrected chi connectivity index (χ2v) is 7.19. The molecule has 0 spiro atoms. The van der Waals surface area contributed by atoms with Crippen molar-refractivity contribution in [3.63, 3.8) is 0 Å². The molecule has 0 amide bonds. The molecule has 88 valence electrons. The molecule has 0 atom stereocenters. The summed E-state index contributed by atoms with van der Waals surface area (Å²) >= 11 is 1.11. The van der Waals surface area contributed by atoms with Gasteiger partial charge in [-0.2, -0.15) is 0 Å². The fourth-order valence-electron chi connectivity index (χ4n) is 1.75. The van der Waals surface area contributed by atoms with Gasteiger partial charge >= 0.3 is 119 Å². The van der Waals surface area contributed by atoms with E-state index in [0.29, 0.717) is 0 Å². The third-order valence-corrected chi connectivity index (χ3v) is 5.57. The average molecular weight is 350 g/mol. The molecule has 1 aliphatic rings. The maximum atomic E-state index is 4.55. The van der Waals surface area contributed by atoms with E-state index in [0.717, 1.165) is 47.3 Å². The molecule has 0 unspecified atom stereocenters. The minimum absolute atomic E-state index is 0.184. The Hall–Kier alpha value is -0.230. The van der Waals surface area contributed by atoms with Crippen molar-refractivity contribution < 1.29 is 0 Å². The van der Waals surface area contributed by atoms with Crippen LogP contribution in [0, 0.1) is 0 Å². The zero-order valence-corrected chi connectivity index (χ0v) is 14.5. The summed E-state index contributed by atoms with van der Waals surface area (Å²) in [6, 6.07) is 2.06. The Balaban J connectivity index is 2.35. The quantitative estimate of drug-likeness (QED) is 0.838. The van der Waals surface area contributed by atoms with E-state index < -0.39 is 0 Å². The Bertz CT molecular complexity index is 476. The van der Waals surface area contributed by atoms with Crippen LogP contribution in [-0.4, -0.2) is 38.2 Å². The Morgan fingerprint density at radius 2 is 2.24 bits per heavy atom. The van der Waals surface area contributed by atoms with Crippen molar-refractivity contribution in [3.8, 4) is 0 Å². The second-order valence-electron chi connectivity index (χ2n) is 4.53. The van der Waals surface area contributed by atoms with E-state index in [9.17, 15) is 0 Å². The predicted octanol–water partition coefficient (Wildman–Crippen LogP) is 3.02. The molecule has 4 nitrogen and oxygen atoms in total. The van der Waals surface area contributed by atoms with Crippen molar-refractivity contribution in [1.29, 1.82) is 0 Å². The van der Waals surface area contributed by atoms with Crippen LogP contribution in [-0.2, 0) is 6.42 Å². The first kappa shape index (κ1) is 13.2. The van der Waals surface area contributed by atoms with Crippen LogP contribution < -0.4 is 0 Å². The molecule has 0 saturated heterocycles. The van der Waals surface area contributed by atoms with E-state index in [1.54, 1.807) is 0 Å². The number of aryl methyl sites for hydroxylation is 1. The second kappa shape index (κ2) is 5.18. The molecular weight excluding hydrogens is 335 g/mol. The molecule has 2 rings (SSSR count). The van der Waals surface area contributed by atoms with Gasteiger partial charge in [0.05, 0.1) is 0 Å². The normalized spacial score (nSPS) is 18.1. The number of rotatable bonds is 4. The van der Waals surface area contributed by atoms with E-state index >= 15 is 0 Å². The zero-order chi connectivity index (χ0) is 12.5. The van der Waals surface area contributed by atoms with Crippen LogP contribution in [0.15, 0.2) is 27.4 Å². The first-order valence-electron chi connectivity index (χ1n) is 5.68. The van der Waals surface area contributed by atoms with Crippen LogP contribution >= 0.6 is 8.59 Å². The Morgan fingerprint density at radius 3 is 2.88 bits per heavy atom. The van der Waals surface area contributed by atoms with Gasteiger partial charge in [-0.1, -0.05) is 0 Å². The number of hydrogen-bond donors (Lipinski definition) is 0. The molecule has 2 heterocycles. The molecule has 0 fully saturated rings. The first-order valence-corrected chi connectivity index (χ1v) is 10.6. The molecular formula is C11H15InN4S. The third kappa shape index (κ3) is 2.62. The van der Waals surface area contributed by atoms with Gasteiger partial charge in [0.2, 0.25) is 0 Å². The van der Waals surface area contributed by atoms with Crippen LogP contribution in [0.5, 0.6) is 0 Å². The molecule has 1 aliphatic heterocycles. The summed E-state index contributed by atoms with van der Waals surface area (Å²) in [5.41, 5.74) is 0.938. The van der Waals surface area contributed by atoms with Gasteiger partial charge in [0.25, 0.3) is 0 Å². The van der Waals surface area contributed by atoms with Crippen LogP contribution in [0.4, 0.5) is 0 Å². The number of aromatic nitrogens is 2. The summed E-state index contributed by atoms with van der Waals surface area (Å²) in [4.78, 5) is 1.23. The molecule has 0 aromatic carbocycles. The maximum absolute atomic E-state index is 4.55. The third-order valence-electron chi connectivity index (χ3n) is 2.64. The molecule has 2 radical (unpaired) electrons. The van der Waals surface area contributed by atoms with E-state index in [4.69, 9.17) is 0 Å². The van der Waals surface area contributed by atoms with Crippen molar-refractivity contribution in [2.45, 2.75) is 39.2 Å². The monoisotopic (exact) mass is 350 g/mol. The predicted molar refractivity (Wildman–Crippen MR) is 71.7 cm³/mol. The SMILES string of the molecule is CCCc1ccn(C2=C([S][In])C(C)(C)N=N2)n1. The first-order chi connectivity index (χ1) is 8.08. The number of hydrogen-bond acceptors (Lipinski definition) is 4. The summed E-state index contributed by atoms with van der Waals surface area (Å²) in [5, 5.41) is 13.2. The molecule has 1 aromatic rings. The van der Waals surface area contributed by atoms with Gasteiger partial charge in [-0.05, 0) is 0 Å². The molecule has 1 aromatic heterocycles. The van der Waals surface area contributed by atoms with Gasteiger partial charge < -0.3 is 0 Å². The van der Waals surface area contributed by atoms with Crippen molar-refractivity contribution in [3.05, 3.63) is 22.9 Å². The zero-order valence-electron chi connectivity index (χ0n) is 10.3. The fraction of sp³-hybridized carbons (Fsp3) is 0.545. The van der Waals surface area contributed by atoms with Crippen molar-refractivity contribution >= 4 is 37.3 Å². The van der Waals surface area contributed by atoms with Crippen molar-refractivity contribution in [2.24, 2.45) is 10.2 Å². The fourth-order valence-corrected chi connectivity index (χ4v) is 5.69. The summed E-state index contributed by atoms with van der Waals surface area (Å²) in [6.45, 7) is 6.35. The molecule has 0 aliphatic carbocycles. The minimum atomic E-state index is -0.184. The van der Waals surface area contributed by atoms with Gasteiger partial charge in [-0.15, -0.1) is 0 Å². The Labute approximate surface area is 119 Å². The number of nitrogens with zero attached hydrogens (tertiary/aromatic N) is 4. The standard InChI is InChI=1S/C11H16N4S.In/c1-4-5-8-6-7-15(13-8)10-9(16)11(2,3)14-12-10;/h6-7,16H,4-5H2,1-3H3;/q;+1/p-1. The van der Waals surface area contributed by atoms with Crippen LogP contribution in [0.25, 0.3) is 5.82 Å². The number of azo groups is 1. The average Bonchev–Trinajstić information content (AvgIpc) is 2.82. The Kier molecular flexibility index (Phi) is 4.02. The van der Waals surface area contributed by atoms with Gasteiger partial charge in [0.15, 0.2) is 0 Å². The molecule has 0 saturated carbocycles. The molecule has 0 bridgehead atoms. The summed E-state index contributed by atoms with van der Waals surface area (Å²) < 4.78 is 1.86. The summed E-state index contributed by atoms with van der Waals surface area (Å²) in [7, 11) is 1.83. The van der Waals surface area contributed by atoms with Crippen molar-refractivity contribution in [2.75, 3.05) is 0 Å². The molecule has 6 heteroatoms. The van der Waals surface area contributed by atoms with Gasteiger partial charge in [-0.25, -0.2) is 0 Å². The molecule has 0 N–H and O–H groups in total. The van der Waals surface area contributed by atoms with E-state index in [2.05, 4.69) is 42.2 Å². The van der Waals surface area contributed by atoms with Gasteiger partial charge in [-0.3, -0.25) is 0 Å². The van der Waals surface area contributed by atoms with Crippen LogP contribution in [0.2, 0.25) is 0 Å². The van der Waals surface area contributed by atoms with E-state index in [1.165, 1.54) is 4.91 Å². The van der Waals surface area contributed by atoms with Gasteiger partial charge in [0.1, 0.15) is 0 Å². The summed E-state index contributed by atoms with van der Waals surface area (Å²) in [6.07, 6.45) is 4.12. The summed E-state index contributed by atoms with van der Waals surface area (Å²) in [5.74, 6) is 0.898.